The smallest absolute Gasteiger partial charge is 0.227 e. The Morgan fingerprint density at radius 1 is 1.25 bits per heavy atom. The van der Waals surface area contributed by atoms with Gasteiger partial charge in [0.25, 0.3) is 0 Å². The number of nitrogens with two attached hydrogens (primary N) is 1. The molecule has 1 aromatic rings. The second-order valence-electron chi connectivity index (χ2n) is 5.74. The van der Waals surface area contributed by atoms with E-state index >= 15 is 0 Å². The number of benzene rings is 1. The van der Waals surface area contributed by atoms with Crippen LogP contribution in [-0.2, 0) is 4.79 Å². The zero-order valence-corrected chi connectivity index (χ0v) is 12.8. The van der Waals surface area contributed by atoms with E-state index < -0.39 is 0 Å². The molecule has 0 saturated carbocycles. The number of rotatable bonds is 6. The van der Waals surface area contributed by atoms with Crippen LogP contribution in [0.15, 0.2) is 24.3 Å². The van der Waals surface area contributed by atoms with Crippen LogP contribution in [0.4, 0.5) is 4.39 Å². The van der Waals surface area contributed by atoms with E-state index in [2.05, 4.69) is 13.8 Å². The van der Waals surface area contributed by atoms with Gasteiger partial charge in [0.1, 0.15) is 5.82 Å². The summed E-state index contributed by atoms with van der Waals surface area (Å²) in [6.07, 6.45) is 0.788. The quantitative estimate of drug-likeness (QED) is 0.870. The van der Waals surface area contributed by atoms with Gasteiger partial charge in [-0.25, -0.2) is 4.39 Å². The van der Waals surface area contributed by atoms with Crippen LogP contribution in [0.5, 0.6) is 0 Å². The minimum atomic E-state index is -0.269. The van der Waals surface area contributed by atoms with Gasteiger partial charge in [0.05, 0.1) is 12.0 Å². The van der Waals surface area contributed by atoms with E-state index in [1.807, 2.05) is 6.92 Å². The van der Waals surface area contributed by atoms with Gasteiger partial charge in [-0.2, -0.15) is 0 Å². The van der Waals surface area contributed by atoms with Crippen molar-refractivity contribution in [1.82, 2.24) is 4.90 Å². The van der Waals surface area contributed by atoms with E-state index in [1.165, 1.54) is 12.1 Å². The summed E-state index contributed by atoms with van der Waals surface area (Å²) in [6, 6.07) is 6.16. The molecule has 1 rings (SSSR count). The van der Waals surface area contributed by atoms with Crippen molar-refractivity contribution < 1.29 is 9.18 Å². The molecule has 0 aliphatic heterocycles. The Morgan fingerprint density at radius 3 is 2.25 bits per heavy atom. The maximum atomic E-state index is 12.9. The molecule has 0 radical (unpaired) electrons. The minimum absolute atomic E-state index is 0.0537. The molecule has 112 valence electrons. The number of carbonyl (C=O) groups excluding carboxylic acids is 1. The maximum Gasteiger partial charge on any atom is 0.227 e. The lowest BCUT2D eigenvalue weighted by Crippen LogP contribution is -2.38. The lowest BCUT2D eigenvalue weighted by atomic mass is 9.95. The Hall–Kier alpha value is -1.42. The summed E-state index contributed by atoms with van der Waals surface area (Å²) in [5.41, 5.74) is 6.64. The molecule has 4 heteroatoms. The molecule has 0 aliphatic rings. The number of amides is 1. The van der Waals surface area contributed by atoms with Crippen molar-refractivity contribution in [3.05, 3.63) is 35.6 Å². The molecular formula is C16H25FN2O. The standard InChI is InChI=1S/C16H25FN2O/c1-11(2)9-14(10-18)16(20)19(4)12(3)13-5-7-15(17)8-6-13/h5-8,11-12,14H,9-10,18H2,1-4H3. The average Bonchev–Trinajstić information content (AvgIpc) is 2.43. The van der Waals surface area contributed by atoms with E-state index in [9.17, 15) is 9.18 Å². The molecule has 2 unspecified atom stereocenters. The van der Waals surface area contributed by atoms with Gasteiger partial charge < -0.3 is 10.6 Å². The lowest BCUT2D eigenvalue weighted by molar-refractivity contribution is -0.136. The highest BCUT2D eigenvalue weighted by molar-refractivity contribution is 5.79. The van der Waals surface area contributed by atoms with Crippen molar-refractivity contribution in [2.45, 2.75) is 33.2 Å². The number of halogens is 1. The third-order valence-corrected chi connectivity index (χ3v) is 3.67. The Bertz CT molecular complexity index is 431. The number of hydrogen-bond donors (Lipinski definition) is 1. The topological polar surface area (TPSA) is 46.3 Å². The molecule has 20 heavy (non-hydrogen) atoms. The van der Waals surface area contributed by atoms with Crippen LogP contribution in [0.3, 0.4) is 0 Å². The fraction of sp³-hybridized carbons (Fsp3) is 0.562. The third-order valence-electron chi connectivity index (χ3n) is 3.67. The summed E-state index contributed by atoms with van der Waals surface area (Å²) < 4.78 is 12.9. The molecule has 0 aliphatic carbocycles. The fourth-order valence-corrected chi connectivity index (χ4v) is 2.31. The molecule has 0 saturated heterocycles. The average molecular weight is 280 g/mol. The van der Waals surface area contributed by atoms with E-state index in [0.717, 1.165) is 12.0 Å². The molecule has 0 fully saturated rings. The highest BCUT2D eigenvalue weighted by atomic mass is 19.1. The third kappa shape index (κ3) is 4.30. The highest BCUT2D eigenvalue weighted by Crippen LogP contribution is 2.22. The lowest BCUT2D eigenvalue weighted by Gasteiger charge is -2.29. The highest BCUT2D eigenvalue weighted by Gasteiger charge is 2.25. The zero-order valence-electron chi connectivity index (χ0n) is 12.8. The Morgan fingerprint density at radius 2 is 1.80 bits per heavy atom. The van der Waals surface area contributed by atoms with Crippen molar-refractivity contribution >= 4 is 5.91 Å². The first-order valence-corrected chi connectivity index (χ1v) is 7.09. The number of carbonyl (C=O) groups is 1. The largest absolute Gasteiger partial charge is 0.339 e. The first-order chi connectivity index (χ1) is 9.36. The van der Waals surface area contributed by atoms with Crippen LogP contribution in [0.25, 0.3) is 0 Å². The van der Waals surface area contributed by atoms with Gasteiger partial charge in [-0.1, -0.05) is 26.0 Å². The molecular weight excluding hydrogens is 255 g/mol. The van der Waals surface area contributed by atoms with Gasteiger partial charge >= 0.3 is 0 Å². The number of hydrogen-bond acceptors (Lipinski definition) is 2. The molecule has 1 amide bonds. The molecule has 0 spiro atoms. The van der Waals surface area contributed by atoms with Crippen LogP contribution < -0.4 is 5.73 Å². The minimum Gasteiger partial charge on any atom is -0.339 e. The first kappa shape index (κ1) is 16.6. The first-order valence-electron chi connectivity index (χ1n) is 7.09. The molecule has 3 nitrogen and oxygen atoms in total. The summed E-state index contributed by atoms with van der Waals surface area (Å²) in [7, 11) is 1.78. The van der Waals surface area contributed by atoms with Gasteiger partial charge in [0.15, 0.2) is 0 Å². The van der Waals surface area contributed by atoms with Crippen molar-refractivity contribution in [2.75, 3.05) is 13.6 Å². The predicted molar refractivity (Wildman–Crippen MR) is 79.6 cm³/mol. The SMILES string of the molecule is CC(C)CC(CN)C(=O)N(C)C(C)c1ccc(F)cc1. The second kappa shape index (κ2) is 7.39. The molecule has 0 aromatic heterocycles. The van der Waals surface area contributed by atoms with E-state index in [-0.39, 0.29) is 23.7 Å². The summed E-state index contributed by atoms with van der Waals surface area (Å²) in [6.45, 7) is 6.46. The van der Waals surface area contributed by atoms with Crippen molar-refractivity contribution in [2.24, 2.45) is 17.6 Å². The van der Waals surface area contributed by atoms with Crippen molar-refractivity contribution in [3.8, 4) is 0 Å². The molecule has 0 bridgehead atoms. The van der Waals surface area contributed by atoms with E-state index in [0.29, 0.717) is 12.5 Å². The van der Waals surface area contributed by atoms with Gasteiger partial charge in [-0.3, -0.25) is 4.79 Å². The van der Waals surface area contributed by atoms with Crippen molar-refractivity contribution in [1.29, 1.82) is 0 Å². The second-order valence-corrected chi connectivity index (χ2v) is 5.74. The normalized spacial score (nSPS) is 14.2. The zero-order chi connectivity index (χ0) is 15.3. The molecule has 1 aromatic carbocycles. The monoisotopic (exact) mass is 280 g/mol. The molecule has 0 heterocycles. The van der Waals surface area contributed by atoms with Gasteiger partial charge in [0.2, 0.25) is 5.91 Å². The van der Waals surface area contributed by atoms with Crippen LogP contribution in [0.2, 0.25) is 0 Å². The summed E-state index contributed by atoms with van der Waals surface area (Å²) in [5, 5.41) is 0. The molecule has 2 N–H and O–H groups in total. The Kier molecular flexibility index (Phi) is 6.14. The molecule has 2 atom stereocenters. The van der Waals surface area contributed by atoms with Gasteiger partial charge in [-0.05, 0) is 37.0 Å². The van der Waals surface area contributed by atoms with Crippen LogP contribution in [0.1, 0.15) is 38.8 Å². The summed E-state index contributed by atoms with van der Waals surface area (Å²) in [5.74, 6) is 0.0672. The fourth-order valence-electron chi connectivity index (χ4n) is 2.31. The number of nitrogens with zero attached hydrogens (tertiary/aromatic N) is 1. The van der Waals surface area contributed by atoms with Crippen LogP contribution in [-0.4, -0.2) is 24.4 Å². The van der Waals surface area contributed by atoms with Crippen LogP contribution in [0, 0.1) is 17.7 Å². The summed E-state index contributed by atoms with van der Waals surface area (Å²) >= 11 is 0. The van der Waals surface area contributed by atoms with E-state index in [1.54, 1.807) is 24.1 Å². The Balaban J connectivity index is 2.79. The van der Waals surface area contributed by atoms with Crippen LogP contribution >= 0.6 is 0 Å². The van der Waals surface area contributed by atoms with Gasteiger partial charge in [0, 0.05) is 13.6 Å². The Labute approximate surface area is 121 Å². The van der Waals surface area contributed by atoms with Crippen molar-refractivity contribution in [3.63, 3.8) is 0 Å². The maximum absolute atomic E-state index is 12.9. The van der Waals surface area contributed by atoms with Gasteiger partial charge in [-0.15, -0.1) is 0 Å². The van der Waals surface area contributed by atoms with E-state index in [4.69, 9.17) is 5.73 Å². The predicted octanol–water partition coefficient (Wildman–Crippen LogP) is 2.97. The summed E-state index contributed by atoms with van der Waals surface area (Å²) in [4.78, 5) is 14.2.